The summed E-state index contributed by atoms with van der Waals surface area (Å²) >= 11 is 0. The van der Waals surface area contributed by atoms with E-state index in [1.54, 1.807) is 6.07 Å². The predicted octanol–water partition coefficient (Wildman–Crippen LogP) is 3.13. The molecule has 0 atom stereocenters. The average molecular weight is 359 g/mol. The van der Waals surface area contributed by atoms with E-state index in [0.29, 0.717) is 22.2 Å². The number of aromatic hydroxyl groups is 1. The van der Waals surface area contributed by atoms with Crippen molar-refractivity contribution in [3.8, 4) is 28.0 Å². The van der Waals surface area contributed by atoms with Gasteiger partial charge in [-0.2, -0.15) is 0 Å². The standard InChI is InChI=1S/C21H17N3O3/c22-12-13-4-6-14(7-5-13)15-2-1-3-16(10-15)17-8-9-23-21-20(17)18(25)11-19(26)24(21)27/h1-11,25,27H,12,22H2. The number of nitrogens with two attached hydrogens (primary N) is 1. The van der Waals surface area contributed by atoms with Gasteiger partial charge in [0.1, 0.15) is 5.75 Å². The van der Waals surface area contributed by atoms with Crippen molar-refractivity contribution >= 4 is 11.0 Å². The van der Waals surface area contributed by atoms with Crippen molar-refractivity contribution in [1.29, 1.82) is 0 Å². The van der Waals surface area contributed by atoms with Gasteiger partial charge in [0.05, 0.1) is 5.39 Å². The second kappa shape index (κ2) is 6.59. The lowest BCUT2D eigenvalue weighted by molar-refractivity contribution is 0.186. The monoisotopic (exact) mass is 359 g/mol. The second-order valence-corrected chi connectivity index (χ2v) is 6.22. The van der Waals surface area contributed by atoms with E-state index in [9.17, 15) is 15.1 Å². The highest BCUT2D eigenvalue weighted by atomic mass is 16.5. The highest BCUT2D eigenvalue weighted by Gasteiger charge is 2.14. The van der Waals surface area contributed by atoms with Gasteiger partial charge in [-0.05, 0) is 39.9 Å². The molecule has 27 heavy (non-hydrogen) atoms. The summed E-state index contributed by atoms with van der Waals surface area (Å²) in [5, 5.41) is 20.6. The smallest absolute Gasteiger partial charge is 0.288 e. The van der Waals surface area contributed by atoms with Crippen molar-refractivity contribution in [2.45, 2.75) is 6.54 Å². The Kier molecular flexibility index (Phi) is 4.10. The lowest BCUT2D eigenvalue weighted by atomic mass is 9.97. The highest BCUT2D eigenvalue weighted by Crippen LogP contribution is 2.34. The first-order chi connectivity index (χ1) is 13.1. The van der Waals surface area contributed by atoms with Gasteiger partial charge < -0.3 is 16.0 Å². The molecule has 134 valence electrons. The van der Waals surface area contributed by atoms with Crippen molar-refractivity contribution in [2.75, 3.05) is 0 Å². The number of pyridine rings is 2. The van der Waals surface area contributed by atoms with E-state index in [2.05, 4.69) is 4.98 Å². The van der Waals surface area contributed by atoms with Crippen molar-refractivity contribution in [3.63, 3.8) is 0 Å². The molecular formula is C21H17N3O3. The topological polar surface area (TPSA) is 101 Å². The fraction of sp³-hybridized carbons (Fsp3) is 0.0476. The second-order valence-electron chi connectivity index (χ2n) is 6.22. The molecule has 4 N–H and O–H groups in total. The number of hydrogen-bond donors (Lipinski definition) is 3. The van der Waals surface area contributed by atoms with E-state index in [0.717, 1.165) is 28.3 Å². The van der Waals surface area contributed by atoms with Gasteiger partial charge >= 0.3 is 0 Å². The summed E-state index contributed by atoms with van der Waals surface area (Å²) in [6.07, 6.45) is 1.49. The maximum atomic E-state index is 11.7. The third-order valence-electron chi connectivity index (χ3n) is 4.55. The van der Waals surface area contributed by atoms with Crippen LogP contribution >= 0.6 is 0 Å². The molecule has 2 aromatic carbocycles. The number of hydrogen-bond acceptors (Lipinski definition) is 5. The van der Waals surface area contributed by atoms with Crippen molar-refractivity contribution in [2.24, 2.45) is 5.73 Å². The van der Waals surface area contributed by atoms with Gasteiger partial charge in [0, 0.05) is 18.8 Å². The van der Waals surface area contributed by atoms with E-state index in [1.165, 1.54) is 6.20 Å². The Hall–Kier alpha value is -3.64. The van der Waals surface area contributed by atoms with E-state index in [-0.39, 0.29) is 11.4 Å². The van der Waals surface area contributed by atoms with Gasteiger partial charge in [-0.1, -0.05) is 42.5 Å². The molecule has 0 aliphatic carbocycles. The first-order valence-electron chi connectivity index (χ1n) is 8.41. The molecule has 0 amide bonds. The van der Waals surface area contributed by atoms with Crippen LogP contribution in [0.25, 0.3) is 33.3 Å². The Morgan fingerprint density at radius 2 is 1.70 bits per heavy atom. The number of fused-ring (bicyclic) bond motifs is 1. The molecule has 0 fully saturated rings. The van der Waals surface area contributed by atoms with E-state index in [4.69, 9.17) is 5.73 Å². The number of aromatic nitrogens is 2. The van der Waals surface area contributed by atoms with Crippen LogP contribution in [0.3, 0.4) is 0 Å². The summed E-state index contributed by atoms with van der Waals surface area (Å²) in [7, 11) is 0. The molecule has 0 spiro atoms. The zero-order valence-corrected chi connectivity index (χ0v) is 14.3. The van der Waals surface area contributed by atoms with Crippen molar-refractivity contribution in [3.05, 3.63) is 82.8 Å². The predicted molar refractivity (Wildman–Crippen MR) is 104 cm³/mol. The first kappa shape index (κ1) is 16.8. The normalized spacial score (nSPS) is 11.0. The average Bonchev–Trinajstić information content (AvgIpc) is 2.72. The van der Waals surface area contributed by atoms with Gasteiger partial charge in [0.2, 0.25) is 0 Å². The summed E-state index contributed by atoms with van der Waals surface area (Å²) in [5.74, 6) is -0.221. The molecule has 4 rings (SSSR count). The fourth-order valence-corrected chi connectivity index (χ4v) is 3.16. The van der Waals surface area contributed by atoms with E-state index < -0.39 is 5.56 Å². The van der Waals surface area contributed by atoms with Crippen LogP contribution in [-0.4, -0.2) is 20.0 Å². The van der Waals surface area contributed by atoms with Crippen LogP contribution in [0.1, 0.15) is 5.56 Å². The molecule has 0 aliphatic rings. The van der Waals surface area contributed by atoms with Gasteiger partial charge in [0.25, 0.3) is 5.56 Å². The molecule has 0 bridgehead atoms. The minimum absolute atomic E-state index is 0.00945. The van der Waals surface area contributed by atoms with Gasteiger partial charge in [-0.15, -0.1) is 4.73 Å². The lowest BCUT2D eigenvalue weighted by Crippen LogP contribution is -2.17. The number of benzene rings is 2. The van der Waals surface area contributed by atoms with Gasteiger partial charge in [-0.25, -0.2) is 4.98 Å². The van der Waals surface area contributed by atoms with Crippen LogP contribution in [0, 0.1) is 0 Å². The van der Waals surface area contributed by atoms with E-state index in [1.807, 2.05) is 48.5 Å². The Morgan fingerprint density at radius 3 is 2.44 bits per heavy atom. The molecule has 0 aliphatic heterocycles. The summed E-state index contributed by atoms with van der Waals surface area (Å²) in [5.41, 5.74) is 9.52. The number of rotatable bonds is 3. The SMILES string of the molecule is NCc1ccc(-c2cccc(-c3ccnc4c3c(O)cc(=O)n4O)c2)cc1. The summed E-state index contributed by atoms with van der Waals surface area (Å²) in [6, 6.07) is 18.5. The van der Waals surface area contributed by atoms with Crippen LogP contribution in [0.5, 0.6) is 5.75 Å². The van der Waals surface area contributed by atoms with Crippen LogP contribution in [-0.2, 0) is 6.54 Å². The van der Waals surface area contributed by atoms with Crippen molar-refractivity contribution < 1.29 is 10.3 Å². The van der Waals surface area contributed by atoms with Gasteiger partial charge in [0.15, 0.2) is 5.65 Å². The highest BCUT2D eigenvalue weighted by molar-refractivity contribution is 5.97. The Morgan fingerprint density at radius 1 is 0.963 bits per heavy atom. The molecule has 0 unspecified atom stereocenters. The third-order valence-corrected chi connectivity index (χ3v) is 4.55. The summed E-state index contributed by atoms with van der Waals surface area (Å²) in [6.45, 7) is 0.492. The largest absolute Gasteiger partial charge is 0.507 e. The van der Waals surface area contributed by atoms with Crippen LogP contribution in [0.2, 0.25) is 0 Å². The zero-order valence-electron chi connectivity index (χ0n) is 14.3. The Labute approximate surface area is 154 Å². The third kappa shape index (κ3) is 2.92. The number of nitrogens with zero attached hydrogens (tertiary/aromatic N) is 2. The molecule has 0 radical (unpaired) electrons. The van der Waals surface area contributed by atoms with Crippen LogP contribution in [0.15, 0.2) is 71.7 Å². The van der Waals surface area contributed by atoms with Crippen molar-refractivity contribution in [1.82, 2.24) is 9.71 Å². The molecular weight excluding hydrogens is 342 g/mol. The molecule has 4 aromatic rings. The fourth-order valence-electron chi connectivity index (χ4n) is 3.16. The quantitative estimate of drug-likeness (QED) is 0.488. The van der Waals surface area contributed by atoms with Crippen LogP contribution in [0.4, 0.5) is 0 Å². The summed E-state index contributed by atoms with van der Waals surface area (Å²) < 4.78 is 0.438. The lowest BCUT2D eigenvalue weighted by Gasteiger charge is -2.11. The maximum absolute atomic E-state index is 11.7. The van der Waals surface area contributed by atoms with E-state index >= 15 is 0 Å². The Bertz CT molecular complexity index is 1200. The molecule has 2 heterocycles. The molecule has 6 heteroatoms. The molecule has 6 nitrogen and oxygen atoms in total. The van der Waals surface area contributed by atoms with Crippen LogP contribution < -0.4 is 11.3 Å². The van der Waals surface area contributed by atoms with Gasteiger partial charge in [-0.3, -0.25) is 4.79 Å². The molecule has 0 saturated heterocycles. The molecule has 0 saturated carbocycles. The zero-order chi connectivity index (χ0) is 19.0. The first-order valence-corrected chi connectivity index (χ1v) is 8.41. The summed E-state index contributed by atoms with van der Waals surface area (Å²) in [4.78, 5) is 15.7. The molecule has 2 aromatic heterocycles. The maximum Gasteiger partial charge on any atom is 0.288 e. The minimum atomic E-state index is -0.738. The minimum Gasteiger partial charge on any atom is -0.507 e. The Balaban J connectivity index is 1.90.